The van der Waals surface area contributed by atoms with Gasteiger partial charge >= 0.3 is 0 Å². The Kier molecular flexibility index (Phi) is 10.3. The van der Waals surface area contributed by atoms with Gasteiger partial charge in [-0.15, -0.1) is 0 Å². The smallest absolute Gasteiger partial charge is 0.149 e. The Balaban J connectivity index is 1.24. The molecule has 2 heterocycles. The van der Waals surface area contributed by atoms with Gasteiger partial charge in [-0.1, -0.05) is 156 Å². The average Bonchev–Trinajstić information content (AvgIpc) is 3.65. The number of aromatic nitrogens is 3. The molecule has 9 aromatic rings. The summed E-state index contributed by atoms with van der Waals surface area (Å²) in [6.45, 7) is 17.9. The molecule has 0 aliphatic rings. The third-order valence-electron chi connectivity index (χ3n) is 12.1. The number of nitrogens with zero attached hydrogens (tertiary/aromatic N) is 3. The van der Waals surface area contributed by atoms with Crippen LogP contribution >= 0.6 is 0 Å². The number of hydrogen-bond donors (Lipinski definition) is 1. The van der Waals surface area contributed by atoms with Crippen molar-refractivity contribution in [3.8, 4) is 78.6 Å². The minimum atomic E-state index is -0.127. The fraction of sp³-hybridized carbons (Fsp3) is 0.172. The number of phenols is 1. The van der Waals surface area contributed by atoms with Crippen LogP contribution in [0, 0.1) is 13.8 Å². The Morgan fingerprint density at radius 3 is 1.90 bits per heavy atom. The standard InChI is InChI=1S/C58H53N3O/c1-37-24-26-39(27-25-37)41-30-31-59-50(36-41)44-33-43(34-45(35-44)57(3,4)5)47-20-15-22-52-55(47)60-56(48-18-12-13-23-53(48)62)61(52)51-29-28-42(32-38(51)2)54-46(40-16-10-9-11-17-40)19-14-21-49(54)58(6,7)8/h9-36,62H,1-8H3. The van der Waals surface area contributed by atoms with Crippen LogP contribution in [0.4, 0.5) is 0 Å². The molecular formula is C58H53N3O. The van der Waals surface area contributed by atoms with Crippen LogP contribution in [0.1, 0.15) is 63.8 Å². The third-order valence-corrected chi connectivity index (χ3v) is 12.1. The number of benzene rings is 7. The molecule has 0 aliphatic carbocycles. The Labute approximate surface area is 366 Å². The molecule has 0 saturated carbocycles. The number of pyridine rings is 1. The van der Waals surface area contributed by atoms with E-state index in [0.29, 0.717) is 11.4 Å². The number of phenolic OH excluding ortho intramolecular Hbond substituents is 1. The Morgan fingerprint density at radius 2 is 1.18 bits per heavy atom. The van der Waals surface area contributed by atoms with Crippen molar-refractivity contribution in [2.75, 3.05) is 0 Å². The van der Waals surface area contributed by atoms with Gasteiger partial charge in [0.1, 0.15) is 11.6 Å². The van der Waals surface area contributed by atoms with E-state index in [1.807, 2.05) is 24.4 Å². The van der Waals surface area contributed by atoms with Gasteiger partial charge in [0.05, 0.1) is 28.0 Å². The number of rotatable bonds is 7. The molecule has 0 radical (unpaired) electrons. The summed E-state index contributed by atoms with van der Waals surface area (Å²) in [5.74, 6) is 0.865. The SMILES string of the molecule is Cc1ccc(-c2ccnc(-c3cc(-c4cccc5c4nc(-c4ccccc4O)n5-c4ccc(-c5c(-c6ccccc6)cccc5C(C)(C)C)cc4C)cc(C(C)(C)C)c3)c2)cc1. The van der Waals surface area contributed by atoms with Gasteiger partial charge in [-0.3, -0.25) is 9.55 Å². The number of aromatic hydroxyl groups is 1. The zero-order valence-corrected chi connectivity index (χ0v) is 37.0. The summed E-state index contributed by atoms with van der Waals surface area (Å²) in [6.07, 6.45) is 1.91. The van der Waals surface area contributed by atoms with Gasteiger partial charge in [-0.2, -0.15) is 0 Å². The molecule has 0 aliphatic heterocycles. The number of para-hydroxylation sites is 2. The molecule has 62 heavy (non-hydrogen) atoms. The van der Waals surface area contributed by atoms with E-state index >= 15 is 0 Å². The van der Waals surface area contributed by atoms with E-state index in [2.05, 4.69) is 199 Å². The maximum absolute atomic E-state index is 11.4. The predicted octanol–water partition coefficient (Wildman–Crippen LogP) is 15.3. The Hall–Kier alpha value is -7.04. The fourth-order valence-electron chi connectivity index (χ4n) is 8.71. The van der Waals surface area contributed by atoms with Crippen LogP contribution < -0.4 is 0 Å². The summed E-state index contributed by atoms with van der Waals surface area (Å²) in [6, 6.07) is 57.8. The van der Waals surface area contributed by atoms with Crippen LogP contribution in [0.2, 0.25) is 0 Å². The van der Waals surface area contributed by atoms with Gasteiger partial charge < -0.3 is 5.11 Å². The van der Waals surface area contributed by atoms with E-state index in [-0.39, 0.29) is 16.6 Å². The molecule has 0 fully saturated rings. The summed E-state index contributed by atoms with van der Waals surface area (Å²) in [7, 11) is 0. The van der Waals surface area contributed by atoms with Gasteiger partial charge in [0.25, 0.3) is 0 Å². The first-order chi connectivity index (χ1) is 29.7. The monoisotopic (exact) mass is 807 g/mol. The molecule has 4 nitrogen and oxygen atoms in total. The van der Waals surface area contributed by atoms with Crippen molar-refractivity contribution in [1.29, 1.82) is 0 Å². The highest BCUT2D eigenvalue weighted by atomic mass is 16.3. The lowest BCUT2D eigenvalue weighted by atomic mass is 9.78. The van der Waals surface area contributed by atoms with Crippen molar-refractivity contribution in [2.24, 2.45) is 0 Å². The summed E-state index contributed by atoms with van der Waals surface area (Å²) < 4.78 is 2.22. The first-order valence-corrected chi connectivity index (χ1v) is 21.5. The van der Waals surface area contributed by atoms with E-state index in [0.717, 1.165) is 61.4 Å². The zero-order valence-electron chi connectivity index (χ0n) is 37.0. The molecule has 0 unspecified atom stereocenters. The van der Waals surface area contributed by atoms with E-state index in [1.165, 1.54) is 33.4 Å². The molecule has 1 N–H and O–H groups in total. The van der Waals surface area contributed by atoms with E-state index in [1.54, 1.807) is 6.07 Å². The lowest BCUT2D eigenvalue weighted by Gasteiger charge is -2.26. The van der Waals surface area contributed by atoms with Crippen LogP contribution in [0.15, 0.2) is 170 Å². The number of aryl methyl sites for hydroxylation is 2. The average molecular weight is 808 g/mol. The highest BCUT2D eigenvalue weighted by Gasteiger charge is 2.25. The van der Waals surface area contributed by atoms with Gasteiger partial charge in [-0.05, 0) is 135 Å². The minimum Gasteiger partial charge on any atom is -0.507 e. The zero-order chi connectivity index (χ0) is 43.3. The van der Waals surface area contributed by atoms with Crippen molar-refractivity contribution in [1.82, 2.24) is 14.5 Å². The number of imidazole rings is 1. The van der Waals surface area contributed by atoms with Crippen LogP contribution in [0.5, 0.6) is 5.75 Å². The van der Waals surface area contributed by atoms with Crippen LogP contribution in [0.3, 0.4) is 0 Å². The number of hydrogen-bond acceptors (Lipinski definition) is 3. The quantitative estimate of drug-likeness (QED) is 0.174. The second-order valence-corrected chi connectivity index (χ2v) is 18.7. The van der Waals surface area contributed by atoms with E-state index in [9.17, 15) is 5.11 Å². The molecule has 306 valence electrons. The van der Waals surface area contributed by atoms with Crippen LogP contribution in [0.25, 0.3) is 83.9 Å². The third kappa shape index (κ3) is 7.62. The Bertz CT molecular complexity index is 3100. The van der Waals surface area contributed by atoms with E-state index in [4.69, 9.17) is 9.97 Å². The molecule has 2 aromatic heterocycles. The lowest BCUT2D eigenvalue weighted by molar-refractivity contribution is 0.477. The minimum absolute atomic E-state index is 0.0776. The largest absolute Gasteiger partial charge is 0.507 e. The van der Waals surface area contributed by atoms with Gasteiger partial charge in [0.2, 0.25) is 0 Å². The Morgan fingerprint density at radius 1 is 0.500 bits per heavy atom. The molecular weight excluding hydrogens is 755 g/mol. The highest BCUT2D eigenvalue weighted by Crippen LogP contribution is 2.44. The lowest BCUT2D eigenvalue weighted by Crippen LogP contribution is -2.13. The molecule has 0 amide bonds. The van der Waals surface area contributed by atoms with Crippen molar-refractivity contribution >= 4 is 11.0 Å². The van der Waals surface area contributed by atoms with Crippen molar-refractivity contribution in [3.05, 3.63) is 192 Å². The molecule has 0 bridgehead atoms. The second-order valence-electron chi connectivity index (χ2n) is 18.7. The van der Waals surface area contributed by atoms with Crippen molar-refractivity contribution in [3.63, 3.8) is 0 Å². The highest BCUT2D eigenvalue weighted by molar-refractivity contribution is 5.97. The van der Waals surface area contributed by atoms with Crippen molar-refractivity contribution in [2.45, 2.75) is 66.2 Å². The van der Waals surface area contributed by atoms with E-state index < -0.39 is 0 Å². The molecule has 9 rings (SSSR count). The van der Waals surface area contributed by atoms with Crippen molar-refractivity contribution < 1.29 is 5.11 Å². The first kappa shape index (κ1) is 40.4. The van der Waals surface area contributed by atoms with Gasteiger partial charge in [0.15, 0.2) is 0 Å². The molecule has 0 spiro atoms. The maximum Gasteiger partial charge on any atom is 0.149 e. The predicted molar refractivity (Wildman–Crippen MR) is 260 cm³/mol. The molecule has 4 heteroatoms. The van der Waals surface area contributed by atoms with Crippen LogP contribution in [-0.4, -0.2) is 19.6 Å². The molecule has 7 aromatic carbocycles. The summed E-state index contributed by atoms with van der Waals surface area (Å²) in [4.78, 5) is 10.4. The first-order valence-electron chi connectivity index (χ1n) is 21.5. The van der Waals surface area contributed by atoms with Gasteiger partial charge in [0, 0.05) is 17.3 Å². The normalized spacial score (nSPS) is 11.9. The van der Waals surface area contributed by atoms with Crippen LogP contribution in [-0.2, 0) is 10.8 Å². The maximum atomic E-state index is 11.4. The summed E-state index contributed by atoms with van der Waals surface area (Å²) in [5, 5.41) is 11.4. The number of fused-ring (bicyclic) bond motifs is 1. The second kappa shape index (κ2) is 15.8. The topological polar surface area (TPSA) is 50.9 Å². The summed E-state index contributed by atoms with van der Waals surface area (Å²) >= 11 is 0. The summed E-state index contributed by atoms with van der Waals surface area (Å²) in [5.41, 5.74) is 19.3. The fourth-order valence-corrected chi connectivity index (χ4v) is 8.71. The van der Waals surface area contributed by atoms with Gasteiger partial charge in [-0.25, -0.2) is 4.98 Å². The molecule has 0 atom stereocenters. The molecule has 0 saturated heterocycles.